The number of hydrogen-bond donors (Lipinski definition) is 0. The highest BCUT2D eigenvalue weighted by Crippen LogP contribution is 2.35. The van der Waals surface area contributed by atoms with E-state index in [0.717, 1.165) is 11.3 Å². The molecule has 8 heteroatoms. The average Bonchev–Trinajstić information content (AvgIpc) is 2.88. The third-order valence-corrected chi connectivity index (χ3v) is 8.67. The SMILES string of the molecule is COc1cccc(CN2C[C@@H]3CCN(C(=O)c4ccc(Cl)cc4)CC[C@@H]3S2(=O)=O)c1. The topological polar surface area (TPSA) is 66.9 Å². The molecule has 0 spiro atoms. The lowest BCUT2D eigenvalue weighted by Gasteiger charge is -2.22. The third kappa shape index (κ3) is 4.19. The van der Waals surface area contributed by atoms with Gasteiger partial charge in [0.15, 0.2) is 0 Å². The zero-order valence-electron chi connectivity index (χ0n) is 16.8. The second-order valence-corrected chi connectivity index (χ2v) is 10.5. The quantitative estimate of drug-likeness (QED) is 0.718. The highest BCUT2D eigenvalue weighted by Gasteiger charge is 2.47. The maximum Gasteiger partial charge on any atom is 0.253 e. The van der Waals surface area contributed by atoms with E-state index in [0.29, 0.717) is 49.6 Å². The van der Waals surface area contributed by atoms with Gasteiger partial charge in [-0.05, 0) is 60.7 Å². The molecular weight excluding hydrogens is 424 g/mol. The molecule has 2 aliphatic rings. The van der Waals surface area contributed by atoms with E-state index in [-0.39, 0.29) is 11.8 Å². The van der Waals surface area contributed by atoms with Crippen molar-refractivity contribution in [2.45, 2.75) is 24.6 Å². The molecule has 0 radical (unpaired) electrons. The predicted molar refractivity (Wildman–Crippen MR) is 116 cm³/mol. The van der Waals surface area contributed by atoms with E-state index in [1.807, 2.05) is 24.3 Å². The summed E-state index contributed by atoms with van der Waals surface area (Å²) in [6.45, 7) is 1.84. The number of carbonyl (C=O) groups excluding carboxylic acids is 1. The van der Waals surface area contributed by atoms with Crippen LogP contribution in [0.4, 0.5) is 0 Å². The van der Waals surface area contributed by atoms with Crippen molar-refractivity contribution in [3.05, 3.63) is 64.7 Å². The summed E-state index contributed by atoms with van der Waals surface area (Å²) in [5.74, 6) is 0.676. The summed E-state index contributed by atoms with van der Waals surface area (Å²) >= 11 is 5.91. The lowest BCUT2D eigenvalue weighted by molar-refractivity contribution is 0.0759. The number of rotatable bonds is 4. The molecule has 2 fully saturated rings. The molecule has 0 aliphatic carbocycles. The van der Waals surface area contributed by atoms with Crippen LogP contribution in [-0.4, -0.2) is 55.5 Å². The molecule has 2 heterocycles. The molecule has 2 saturated heterocycles. The summed E-state index contributed by atoms with van der Waals surface area (Å²) in [5.41, 5.74) is 1.49. The van der Waals surface area contributed by atoms with Crippen molar-refractivity contribution >= 4 is 27.5 Å². The normalized spacial score (nSPS) is 23.6. The molecule has 0 saturated carbocycles. The Morgan fingerprint density at radius 1 is 1.13 bits per heavy atom. The van der Waals surface area contributed by atoms with Crippen LogP contribution in [0.25, 0.3) is 0 Å². The molecule has 2 aliphatic heterocycles. The summed E-state index contributed by atoms with van der Waals surface area (Å²) in [6, 6.07) is 14.3. The summed E-state index contributed by atoms with van der Waals surface area (Å²) in [6.07, 6.45) is 1.14. The Hall–Kier alpha value is -2.09. The second-order valence-electron chi connectivity index (χ2n) is 7.86. The maximum absolute atomic E-state index is 13.2. The minimum absolute atomic E-state index is 0.0311. The van der Waals surface area contributed by atoms with E-state index >= 15 is 0 Å². The molecule has 30 heavy (non-hydrogen) atoms. The van der Waals surface area contributed by atoms with E-state index in [4.69, 9.17) is 16.3 Å². The zero-order chi connectivity index (χ0) is 21.3. The Kier molecular flexibility index (Phi) is 6.04. The number of nitrogens with zero attached hydrogens (tertiary/aromatic N) is 2. The lowest BCUT2D eigenvalue weighted by atomic mass is 10.0. The number of amides is 1. The number of halogens is 1. The minimum Gasteiger partial charge on any atom is -0.497 e. The molecule has 0 bridgehead atoms. The van der Waals surface area contributed by atoms with E-state index in [1.165, 1.54) is 0 Å². The summed E-state index contributed by atoms with van der Waals surface area (Å²) < 4.78 is 33.2. The molecule has 6 nitrogen and oxygen atoms in total. The predicted octanol–water partition coefficient (Wildman–Crippen LogP) is 3.42. The Morgan fingerprint density at radius 2 is 1.87 bits per heavy atom. The van der Waals surface area contributed by atoms with Crippen molar-refractivity contribution in [3.8, 4) is 5.75 Å². The van der Waals surface area contributed by atoms with E-state index in [9.17, 15) is 13.2 Å². The standard InChI is InChI=1S/C22H25ClN2O4S/c1-29-20-4-2-3-16(13-20)14-25-15-18-9-11-24(12-10-21(18)30(25,27)28)22(26)17-5-7-19(23)8-6-17/h2-8,13,18,21H,9-12,14-15H2,1H3/t18-,21-/m0/s1. The van der Waals surface area contributed by atoms with E-state index in [1.54, 1.807) is 40.6 Å². The van der Waals surface area contributed by atoms with Gasteiger partial charge in [-0.15, -0.1) is 0 Å². The van der Waals surface area contributed by atoms with Crippen LogP contribution >= 0.6 is 11.6 Å². The largest absolute Gasteiger partial charge is 0.497 e. The Labute approximate surface area is 182 Å². The molecule has 0 N–H and O–H groups in total. The van der Waals surface area contributed by atoms with Gasteiger partial charge in [-0.25, -0.2) is 8.42 Å². The van der Waals surface area contributed by atoms with Crippen LogP contribution in [0.3, 0.4) is 0 Å². The maximum atomic E-state index is 13.2. The molecule has 160 valence electrons. The zero-order valence-corrected chi connectivity index (χ0v) is 18.4. The summed E-state index contributed by atoms with van der Waals surface area (Å²) in [5, 5.41) is 0.144. The van der Waals surface area contributed by atoms with Gasteiger partial charge in [0.25, 0.3) is 5.91 Å². The molecule has 0 aromatic heterocycles. The van der Waals surface area contributed by atoms with E-state index in [2.05, 4.69) is 0 Å². The van der Waals surface area contributed by atoms with Crippen LogP contribution in [0.15, 0.2) is 48.5 Å². The van der Waals surface area contributed by atoms with Gasteiger partial charge >= 0.3 is 0 Å². The first-order chi connectivity index (χ1) is 14.4. The number of sulfonamides is 1. The van der Waals surface area contributed by atoms with Gasteiger partial charge in [-0.3, -0.25) is 4.79 Å². The van der Waals surface area contributed by atoms with Gasteiger partial charge in [0.2, 0.25) is 10.0 Å². The van der Waals surface area contributed by atoms with Crippen molar-refractivity contribution in [1.29, 1.82) is 0 Å². The Morgan fingerprint density at radius 3 is 2.60 bits per heavy atom. The first-order valence-electron chi connectivity index (χ1n) is 10.0. The van der Waals surface area contributed by atoms with Gasteiger partial charge in [0.05, 0.1) is 12.4 Å². The number of benzene rings is 2. The molecule has 2 aromatic carbocycles. The monoisotopic (exact) mass is 448 g/mol. The molecule has 2 atom stereocenters. The fraction of sp³-hybridized carbons (Fsp3) is 0.409. The second kappa shape index (κ2) is 8.57. The van der Waals surface area contributed by atoms with Crippen molar-refractivity contribution in [3.63, 3.8) is 0 Å². The van der Waals surface area contributed by atoms with Gasteiger partial charge in [0, 0.05) is 36.8 Å². The Balaban J connectivity index is 1.45. The number of hydrogen-bond acceptors (Lipinski definition) is 4. The number of ether oxygens (including phenoxy) is 1. The number of likely N-dealkylation sites (tertiary alicyclic amines) is 1. The number of methoxy groups -OCH3 is 1. The molecule has 0 unspecified atom stereocenters. The van der Waals surface area contributed by atoms with Crippen molar-refractivity contribution in [1.82, 2.24) is 9.21 Å². The first kappa shape index (κ1) is 21.2. The van der Waals surface area contributed by atoms with E-state index < -0.39 is 15.3 Å². The highest BCUT2D eigenvalue weighted by molar-refractivity contribution is 7.90. The van der Waals surface area contributed by atoms with Crippen LogP contribution in [-0.2, 0) is 16.6 Å². The molecule has 1 amide bonds. The van der Waals surface area contributed by atoms with Gasteiger partial charge in [0.1, 0.15) is 5.75 Å². The first-order valence-corrected chi connectivity index (χ1v) is 11.9. The summed E-state index contributed by atoms with van der Waals surface area (Å²) in [7, 11) is -1.81. The fourth-order valence-electron chi connectivity index (χ4n) is 4.40. The highest BCUT2D eigenvalue weighted by atomic mass is 35.5. The van der Waals surface area contributed by atoms with Gasteiger partial charge in [-0.1, -0.05) is 23.7 Å². The Bertz CT molecular complexity index is 1030. The van der Waals surface area contributed by atoms with Crippen molar-refractivity contribution in [2.24, 2.45) is 5.92 Å². The minimum atomic E-state index is -3.41. The molecule has 4 rings (SSSR count). The van der Waals surface area contributed by atoms with Crippen LogP contribution in [0.5, 0.6) is 5.75 Å². The number of fused-ring (bicyclic) bond motifs is 1. The number of carbonyl (C=O) groups is 1. The van der Waals surface area contributed by atoms with Crippen LogP contribution in [0, 0.1) is 5.92 Å². The average molecular weight is 449 g/mol. The van der Waals surface area contributed by atoms with Crippen LogP contribution in [0.2, 0.25) is 5.02 Å². The van der Waals surface area contributed by atoms with Crippen LogP contribution < -0.4 is 4.74 Å². The fourth-order valence-corrected chi connectivity index (χ4v) is 6.75. The molecule has 2 aromatic rings. The smallest absolute Gasteiger partial charge is 0.253 e. The van der Waals surface area contributed by atoms with Crippen molar-refractivity contribution < 1.29 is 17.9 Å². The van der Waals surface area contributed by atoms with Gasteiger partial charge < -0.3 is 9.64 Å². The van der Waals surface area contributed by atoms with Crippen molar-refractivity contribution in [2.75, 3.05) is 26.7 Å². The lowest BCUT2D eigenvalue weighted by Crippen LogP contribution is -2.34. The third-order valence-electron chi connectivity index (χ3n) is 6.03. The van der Waals surface area contributed by atoms with Crippen LogP contribution in [0.1, 0.15) is 28.8 Å². The summed E-state index contributed by atoms with van der Waals surface area (Å²) in [4.78, 5) is 14.6. The van der Waals surface area contributed by atoms with Gasteiger partial charge in [-0.2, -0.15) is 4.31 Å². The molecular formula is C22H25ClN2O4S.